The molecule has 0 bridgehead atoms. The van der Waals surface area contributed by atoms with Gasteiger partial charge in [0.2, 0.25) is 0 Å². The van der Waals surface area contributed by atoms with E-state index < -0.39 is 0 Å². The summed E-state index contributed by atoms with van der Waals surface area (Å²) in [6, 6.07) is 0.281. The van der Waals surface area contributed by atoms with Gasteiger partial charge < -0.3 is 9.80 Å². The van der Waals surface area contributed by atoms with Crippen molar-refractivity contribution in [3.05, 3.63) is 5.82 Å². The predicted octanol–water partition coefficient (Wildman–Crippen LogP) is -0.244. The second kappa shape index (κ2) is 5.22. The number of nitrogens with one attached hydrogen (secondary N) is 1. The third kappa shape index (κ3) is 2.60. The van der Waals surface area contributed by atoms with E-state index in [0.29, 0.717) is 0 Å². The number of aromatic nitrogens is 4. The van der Waals surface area contributed by atoms with Crippen molar-refractivity contribution in [2.24, 2.45) is 0 Å². The Balaban J connectivity index is 1.92. The quantitative estimate of drug-likeness (QED) is 0.786. The van der Waals surface area contributed by atoms with E-state index in [2.05, 4.69) is 32.4 Å². The molecule has 1 aliphatic rings. The van der Waals surface area contributed by atoms with E-state index in [9.17, 15) is 4.79 Å². The summed E-state index contributed by atoms with van der Waals surface area (Å²) in [5.41, 5.74) is 0. The molecule has 1 fully saturated rings. The van der Waals surface area contributed by atoms with Gasteiger partial charge in [0.1, 0.15) is 0 Å². The maximum Gasteiger partial charge on any atom is 0.295 e. The van der Waals surface area contributed by atoms with Crippen LogP contribution in [0.15, 0.2) is 0 Å². The van der Waals surface area contributed by atoms with Crippen molar-refractivity contribution in [2.75, 3.05) is 26.7 Å². The average molecular weight is 238 g/mol. The standard InChI is InChI=1S/C10H18N6O/c1-3-16-6-4-8(5-7-16)15(2)10(17)9-11-13-14-12-9/h8H,3-7H2,1-2H3,(H,11,12,13,14). The molecule has 2 heterocycles. The zero-order valence-corrected chi connectivity index (χ0v) is 10.3. The Morgan fingerprint density at radius 2 is 2.24 bits per heavy atom. The average Bonchev–Trinajstić information content (AvgIpc) is 2.91. The molecule has 1 aromatic heterocycles. The molecular formula is C10H18N6O. The fourth-order valence-electron chi connectivity index (χ4n) is 2.20. The molecule has 0 radical (unpaired) electrons. The number of hydrogen-bond donors (Lipinski definition) is 1. The van der Waals surface area contributed by atoms with Gasteiger partial charge in [-0.05, 0) is 24.6 Å². The van der Waals surface area contributed by atoms with E-state index in [1.54, 1.807) is 4.90 Å². The van der Waals surface area contributed by atoms with Crippen LogP contribution >= 0.6 is 0 Å². The van der Waals surface area contributed by atoms with E-state index in [0.717, 1.165) is 32.5 Å². The van der Waals surface area contributed by atoms with E-state index >= 15 is 0 Å². The first-order valence-corrected chi connectivity index (χ1v) is 5.95. The second-order valence-electron chi connectivity index (χ2n) is 4.32. The maximum absolute atomic E-state index is 12.0. The van der Waals surface area contributed by atoms with Crippen LogP contribution in [0, 0.1) is 0 Å². The minimum absolute atomic E-state index is 0.144. The Kier molecular flexibility index (Phi) is 3.68. The highest BCUT2D eigenvalue weighted by atomic mass is 16.2. The van der Waals surface area contributed by atoms with Crippen molar-refractivity contribution < 1.29 is 4.79 Å². The fraction of sp³-hybridized carbons (Fsp3) is 0.800. The number of aromatic amines is 1. The molecule has 7 nitrogen and oxygen atoms in total. The van der Waals surface area contributed by atoms with Crippen LogP contribution in [0.1, 0.15) is 30.4 Å². The molecule has 1 N–H and O–H groups in total. The molecule has 2 rings (SSSR count). The van der Waals surface area contributed by atoms with Crippen LogP contribution in [0.25, 0.3) is 0 Å². The zero-order chi connectivity index (χ0) is 12.3. The fourth-order valence-corrected chi connectivity index (χ4v) is 2.20. The summed E-state index contributed by atoms with van der Waals surface area (Å²) in [6.07, 6.45) is 2.02. The number of tetrazole rings is 1. The van der Waals surface area contributed by atoms with Gasteiger partial charge in [0, 0.05) is 26.2 Å². The van der Waals surface area contributed by atoms with Gasteiger partial charge in [0.25, 0.3) is 11.7 Å². The van der Waals surface area contributed by atoms with Gasteiger partial charge in [0.05, 0.1) is 0 Å². The normalized spacial score (nSPS) is 18.2. The summed E-state index contributed by atoms with van der Waals surface area (Å²) >= 11 is 0. The molecule has 1 amide bonds. The maximum atomic E-state index is 12.0. The van der Waals surface area contributed by atoms with Crippen LogP contribution < -0.4 is 0 Å². The first kappa shape index (κ1) is 12.0. The Labute approximate surface area is 100 Å². The molecule has 7 heteroatoms. The zero-order valence-electron chi connectivity index (χ0n) is 10.3. The number of amides is 1. The second-order valence-corrected chi connectivity index (χ2v) is 4.32. The van der Waals surface area contributed by atoms with E-state index in [1.165, 1.54) is 0 Å². The molecule has 0 unspecified atom stereocenters. The van der Waals surface area contributed by atoms with Crippen LogP contribution in [0.2, 0.25) is 0 Å². The molecule has 1 aromatic rings. The molecule has 1 saturated heterocycles. The minimum atomic E-state index is -0.159. The van der Waals surface area contributed by atoms with Crippen molar-refractivity contribution >= 4 is 5.91 Å². The smallest absolute Gasteiger partial charge is 0.295 e. The largest absolute Gasteiger partial charge is 0.336 e. The number of rotatable bonds is 3. The predicted molar refractivity (Wildman–Crippen MR) is 61.4 cm³/mol. The van der Waals surface area contributed by atoms with Crippen molar-refractivity contribution in [3.63, 3.8) is 0 Å². The highest BCUT2D eigenvalue weighted by molar-refractivity contribution is 5.90. The number of carbonyl (C=O) groups excluding carboxylic acids is 1. The lowest BCUT2D eigenvalue weighted by atomic mass is 10.0. The molecule has 0 spiro atoms. The molecule has 0 aliphatic carbocycles. The monoisotopic (exact) mass is 238 g/mol. The lowest BCUT2D eigenvalue weighted by molar-refractivity contribution is 0.0635. The lowest BCUT2D eigenvalue weighted by Gasteiger charge is -2.35. The first-order chi connectivity index (χ1) is 8.22. The van der Waals surface area contributed by atoms with Gasteiger partial charge in [-0.2, -0.15) is 5.21 Å². The van der Waals surface area contributed by atoms with Crippen LogP contribution in [-0.2, 0) is 0 Å². The van der Waals surface area contributed by atoms with Gasteiger partial charge in [-0.3, -0.25) is 4.79 Å². The summed E-state index contributed by atoms with van der Waals surface area (Å²) in [7, 11) is 1.81. The van der Waals surface area contributed by atoms with Crippen molar-refractivity contribution in [3.8, 4) is 0 Å². The van der Waals surface area contributed by atoms with Gasteiger partial charge >= 0.3 is 0 Å². The SMILES string of the molecule is CCN1CCC(N(C)C(=O)c2nn[nH]n2)CC1. The third-order valence-corrected chi connectivity index (χ3v) is 3.41. The number of H-pyrrole nitrogens is 1. The molecule has 94 valence electrons. The highest BCUT2D eigenvalue weighted by Gasteiger charge is 2.27. The molecule has 0 atom stereocenters. The Hall–Kier alpha value is -1.50. The van der Waals surface area contributed by atoms with Crippen LogP contribution in [0.5, 0.6) is 0 Å². The molecule has 1 aliphatic heterocycles. The molecule has 17 heavy (non-hydrogen) atoms. The third-order valence-electron chi connectivity index (χ3n) is 3.41. The van der Waals surface area contributed by atoms with Gasteiger partial charge in [0.15, 0.2) is 0 Å². The summed E-state index contributed by atoms with van der Waals surface area (Å²) in [5, 5.41) is 13.1. The van der Waals surface area contributed by atoms with Crippen LogP contribution in [0.3, 0.4) is 0 Å². The lowest BCUT2D eigenvalue weighted by Crippen LogP contribution is -2.45. The summed E-state index contributed by atoms with van der Waals surface area (Å²) in [6.45, 7) is 5.33. The van der Waals surface area contributed by atoms with E-state index in [-0.39, 0.29) is 17.8 Å². The summed E-state index contributed by atoms with van der Waals surface area (Å²) < 4.78 is 0. The van der Waals surface area contributed by atoms with Gasteiger partial charge in [-0.1, -0.05) is 6.92 Å². The summed E-state index contributed by atoms with van der Waals surface area (Å²) in [4.78, 5) is 16.1. The topological polar surface area (TPSA) is 78.0 Å². The summed E-state index contributed by atoms with van der Waals surface area (Å²) in [5.74, 6) is -0.0147. The van der Waals surface area contributed by atoms with E-state index in [4.69, 9.17) is 0 Å². The van der Waals surface area contributed by atoms with Crippen molar-refractivity contribution in [1.29, 1.82) is 0 Å². The number of hydrogen-bond acceptors (Lipinski definition) is 5. The van der Waals surface area contributed by atoms with Crippen molar-refractivity contribution in [1.82, 2.24) is 30.4 Å². The molecule has 0 aromatic carbocycles. The molecular weight excluding hydrogens is 220 g/mol. The number of nitrogens with zero attached hydrogens (tertiary/aromatic N) is 5. The van der Waals surface area contributed by atoms with Crippen molar-refractivity contribution in [2.45, 2.75) is 25.8 Å². The number of likely N-dealkylation sites (tertiary alicyclic amines) is 1. The van der Waals surface area contributed by atoms with Crippen LogP contribution in [0.4, 0.5) is 0 Å². The number of piperidine rings is 1. The van der Waals surface area contributed by atoms with Crippen LogP contribution in [-0.4, -0.2) is 69.1 Å². The van der Waals surface area contributed by atoms with Gasteiger partial charge in [-0.25, -0.2) is 0 Å². The van der Waals surface area contributed by atoms with Gasteiger partial charge in [-0.15, -0.1) is 10.2 Å². The Morgan fingerprint density at radius 1 is 1.53 bits per heavy atom. The Bertz CT molecular complexity index is 357. The molecule has 0 saturated carbocycles. The minimum Gasteiger partial charge on any atom is -0.336 e. The highest BCUT2D eigenvalue weighted by Crippen LogP contribution is 2.16. The van der Waals surface area contributed by atoms with E-state index in [1.807, 2.05) is 7.05 Å². The number of carbonyl (C=O) groups is 1. The first-order valence-electron chi connectivity index (χ1n) is 5.95. The Morgan fingerprint density at radius 3 is 2.76 bits per heavy atom.